The van der Waals surface area contributed by atoms with Gasteiger partial charge in [0.05, 0.1) is 11.0 Å². The van der Waals surface area contributed by atoms with E-state index in [1.807, 2.05) is 45.0 Å². The summed E-state index contributed by atoms with van der Waals surface area (Å²) >= 11 is 0. The minimum absolute atomic E-state index is 0.100. The van der Waals surface area contributed by atoms with E-state index in [1.54, 1.807) is 20.3 Å². The highest BCUT2D eigenvalue weighted by Gasteiger charge is 2.41. The van der Waals surface area contributed by atoms with Gasteiger partial charge in [0.15, 0.2) is 13.1 Å². The average Bonchev–Trinajstić information content (AvgIpc) is 3.29. The van der Waals surface area contributed by atoms with Gasteiger partial charge in [0, 0.05) is 67.3 Å². The molecular formula is C39H46N2O8S. The van der Waals surface area contributed by atoms with Gasteiger partial charge in [-0.1, -0.05) is 50.6 Å². The van der Waals surface area contributed by atoms with Crippen LogP contribution >= 0.6 is 0 Å². The molecule has 0 unspecified atom stereocenters. The minimum atomic E-state index is -4.67. The Bertz CT molecular complexity index is 2010. The minimum Gasteiger partial charge on any atom is -0.744 e. The molecule has 0 fully saturated rings. The van der Waals surface area contributed by atoms with Gasteiger partial charge >= 0.3 is 5.97 Å². The van der Waals surface area contributed by atoms with Crippen LogP contribution in [0.5, 0.6) is 0 Å². The Labute approximate surface area is 294 Å². The zero-order valence-corrected chi connectivity index (χ0v) is 30.2. The van der Waals surface area contributed by atoms with Crippen molar-refractivity contribution < 1.29 is 36.8 Å². The van der Waals surface area contributed by atoms with E-state index in [9.17, 15) is 17.8 Å². The Morgan fingerprint density at radius 2 is 1.68 bits per heavy atom. The van der Waals surface area contributed by atoms with E-state index in [4.69, 9.17) is 19.0 Å². The number of hydrogen-bond donors (Lipinski definition) is 1. The van der Waals surface area contributed by atoms with Crippen molar-refractivity contribution in [1.82, 2.24) is 4.58 Å². The molecule has 0 spiro atoms. The quantitative estimate of drug-likeness (QED) is 0.0885. The molecule has 10 nitrogen and oxygen atoms in total. The predicted molar refractivity (Wildman–Crippen MR) is 193 cm³/mol. The Morgan fingerprint density at radius 3 is 2.32 bits per heavy atom. The molecule has 2 heterocycles. The van der Waals surface area contributed by atoms with Crippen LogP contribution in [0.3, 0.4) is 0 Å². The zero-order valence-electron chi connectivity index (χ0n) is 29.4. The largest absolute Gasteiger partial charge is 0.744 e. The molecule has 0 saturated carbocycles. The number of benzene rings is 3. The van der Waals surface area contributed by atoms with E-state index in [1.165, 1.54) is 12.1 Å². The molecule has 0 amide bonds. The summed E-state index contributed by atoms with van der Waals surface area (Å²) < 4.78 is 56.0. The van der Waals surface area contributed by atoms with E-state index in [0.717, 1.165) is 44.6 Å². The molecule has 3 aliphatic rings. The maximum Gasteiger partial charge on any atom is 0.303 e. The highest BCUT2D eigenvalue weighted by atomic mass is 32.2. The molecule has 11 heteroatoms. The Kier molecular flexibility index (Phi) is 11.6. The Balaban J connectivity index is 1.72. The van der Waals surface area contributed by atoms with Crippen molar-refractivity contribution in [2.24, 2.45) is 0 Å². The van der Waals surface area contributed by atoms with Gasteiger partial charge in [0.2, 0.25) is 5.36 Å². The summed E-state index contributed by atoms with van der Waals surface area (Å²) in [6, 6.07) is 21.0. The van der Waals surface area contributed by atoms with Crippen molar-refractivity contribution in [3.63, 3.8) is 0 Å². The molecule has 5 rings (SSSR count). The van der Waals surface area contributed by atoms with Gasteiger partial charge < -0.3 is 28.5 Å². The van der Waals surface area contributed by atoms with Crippen molar-refractivity contribution in [1.29, 1.82) is 0 Å². The smallest absolute Gasteiger partial charge is 0.303 e. The fourth-order valence-electron chi connectivity index (χ4n) is 6.76. The molecule has 1 aliphatic carbocycles. The summed E-state index contributed by atoms with van der Waals surface area (Å²) in [6.45, 7) is 9.10. The third kappa shape index (κ3) is 8.02. The van der Waals surface area contributed by atoms with Crippen molar-refractivity contribution in [2.45, 2.75) is 56.8 Å². The molecular weight excluding hydrogens is 657 g/mol. The van der Waals surface area contributed by atoms with Crippen LogP contribution < -0.4 is 14.8 Å². The molecule has 0 aromatic heterocycles. The van der Waals surface area contributed by atoms with Crippen LogP contribution in [0, 0.1) is 6.92 Å². The first kappa shape index (κ1) is 37.0. The van der Waals surface area contributed by atoms with E-state index >= 15 is 0 Å². The molecule has 0 saturated heterocycles. The SMILES string of the molecule is COCC[N+](CCOC)=c1ccc2c(-c3ccccc3)c(C)c(/C=C3/N(CCCCCC(=O)O)c4ccc(S(=O)(=O)[O-])cc4C3(C)C)oc-2c1. The first-order valence-electron chi connectivity index (χ1n) is 16.9. The number of anilines is 1. The van der Waals surface area contributed by atoms with Crippen molar-refractivity contribution in [3.05, 3.63) is 94.7 Å². The lowest BCUT2D eigenvalue weighted by Crippen LogP contribution is -2.35. The number of ether oxygens (including phenoxy) is 2. The first-order valence-corrected chi connectivity index (χ1v) is 18.3. The van der Waals surface area contributed by atoms with E-state index in [0.29, 0.717) is 63.6 Å². The number of carboxylic acid groups (broad SMARTS) is 1. The number of carbonyl (C=O) groups is 1. The number of fused-ring (bicyclic) bond motifs is 2. The molecule has 2 aromatic rings. The first-order chi connectivity index (χ1) is 23.9. The Hall–Kier alpha value is -4.29. The lowest BCUT2D eigenvalue weighted by Gasteiger charge is -2.28. The molecule has 1 N–H and O–H groups in total. The van der Waals surface area contributed by atoms with Crippen molar-refractivity contribution in [2.75, 3.05) is 52.0 Å². The molecule has 2 aromatic carbocycles. The summed E-state index contributed by atoms with van der Waals surface area (Å²) in [7, 11) is -1.31. The summed E-state index contributed by atoms with van der Waals surface area (Å²) in [5.74, 6) is 0.528. The number of unbranched alkanes of at least 4 members (excludes halogenated alkanes) is 2. The third-order valence-corrected chi connectivity index (χ3v) is 10.3. The van der Waals surface area contributed by atoms with E-state index in [2.05, 4.69) is 39.8 Å². The highest BCUT2D eigenvalue weighted by molar-refractivity contribution is 7.85. The van der Waals surface area contributed by atoms with Crippen molar-refractivity contribution in [3.8, 4) is 22.5 Å². The van der Waals surface area contributed by atoms with Gasteiger partial charge in [-0.25, -0.2) is 13.0 Å². The monoisotopic (exact) mass is 702 g/mol. The van der Waals surface area contributed by atoms with Crippen LogP contribution in [0.4, 0.5) is 5.69 Å². The fraction of sp³-hybridized carbons (Fsp3) is 0.385. The van der Waals surface area contributed by atoms with Crippen LogP contribution in [0.15, 0.2) is 81.7 Å². The molecule has 0 bridgehead atoms. The average molecular weight is 703 g/mol. The lowest BCUT2D eigenvalue weighted by molar-refractivity contribution is -0.137. The fourth-order valence-corrected chi connectivity index (χ4v) is 7.26. The zero-order chi connectivity index (χ0) is 36.1. The number of rotatable bonds is 15. The maximum absolute atomic E-state index is 12.1. The third-order valence-electron chi connectivity index (χ3n) is 9.45. The topological polar surface area (TPSA) is 132 Å². The van der Waals surface area contributed by atoms with Gasteiger partial charge in [-0.2, -0.15) is 0 Å². The van der Waals surface area contributed by atoms with Gasteiger partial charge in [-0.05, 0) is 60.7 Å². The number of allylic oxidation sites excluding steroid dienone is 1. The van der Waals surface area contributed by atoms with Crippen LogP contribution in [0.1, 0.15) is 56.4 Å². The van der Waals surface area contributed by atoms with Crippen LogP contribution in [-0.2, 0) is 29.8 Å². The van der Waals surface area contributed by atoms with Crippen LogP contribution in [0.25, 0.3) is 28.5 Å². The van der Waals surface area contributed by atoms with Gasteiger partial charge in [0.1, 0.15) is 34.9 Å². The van der Waals surface area contributed by atoms with E-state index < -0.39 is 21.5 Å². The van der Waals surface area contributed by atoms with Gasteiger partial charge in [0.25, 0.3) is 0 Å². The van der Waals surface area contributed by atoms with Gasteiger partial charge in [-0.3, -0.25) is 4.79 Å². The summed E-state index contributed by atoms with van der Waals surface area (Å²) in [4.78, 5) is 13.0. The molecule has 0 radical (unpaired) electrons. The van der Waals surface area contributed by atoms with Crippen molar-refractivity contribution >= 4 is 27.9 Å². The number of nitrogens with zero attached hydrogens (tertiary/aromatic N) is 2. The normalized spacial score (nSPS) is 14.8. The molecule has 50 heavy (non-hydrogen) atoms. The van der Waals surface area contributed by atoms with Crippen LogP contribution in [-0.4, -0.2) is 71.1 Å². The lowest BCUT2D eigenvalue weighted by atomic mass is 9.83. The number of methoxy groups -OCH3 is 2. The second kappa shape index (κ2) is 15.7. The summed E-state index contributed by atoms with van der Waals surface area (Å²) in [5.41, 5.74) is 5.71. The second-order valence-corrected chi connectivity index (χ2v) is 14.5. The predicted octanol–water partition coefficient (Wildman–Crippen LogP) is 6.11. The molecule has 2 aliphatic heterocycles. The van der Waals surface area contributed by atoms with Gasteiger partial charge in [-0.15, -0.1) is 0 Å². The Morgan fingerprint density at radius 1 is 0.980 bits per heavy atom. The highest BCUT2D eigenvalue weighted by Crippen LogP contribution is 2.50. The summed E-state index contributed by atoms with van der Waals surface area (Å²) in [6.07, 6.45) is 4.11. The maximum atomic E-state index is 12.1. The molecule has 0 atom stereocenters. The summed E-state index contributed by atoms with van der Waals surface area (Å²) in [5, 5.41) is 10.1. The molecule has 266 valence electrons. The van der Waals surface area contributed by atoms with Crippen LogP contribution in [0.2, 0.25) is 0 Å². The number of carboxylic acids is 1. The number of aliphatic carboxylic acids is 1. The standard InChI is InChI=1S/C39H46N2O8S/c1-27-34(26-36-39(2,3)32-25-30(50(44,45)46)16-18-33(32)41(36)19-11-7-10-14-37(42)43)49-35-24-29(40(20-22-47-4)21-23-48-5)15-17-31(35)38(27)28-12-8-6-9-13-28/h6,8-9,12-13,15-18,24-26H,7,10-11,14,19-23H2,1-5H3,(H-,42,43,44,45,46). The second-order valence-electron chi connectivity index (χ2n) is 13.1. The van der Waals surface area contributed by atoms with E-state index in [-0.39, 0.29) is 11.3 Å². The number of hydrogen-bond acceptors (Lipinski definition) is 8.